The van der Waals surface area contributed by atoms with E-state index in [9.17, 15) is 15.2 Å². The van der Waals surface area contributed by atoms with Gasteiger partial charge in [-0.3, -0.25) is 10.1 Å². The van der Waals surface area contributed by atoms with Crippen LogP contribution in [0, 0.1) is 17.0 Å². The Labute approximate surface area is 140 Å². The second kappa shape index (κ2) is 8.37. The van der Waals surface area contributed by atoms with Gasteiger partial charge in [-0.1, -0.05) is 30.3 Å². The normalized spacial score (nSPS) is 12.0. The molecule has 0 fully saturated rings. The molecule has 1 heterocycles. The third kappa shape index (κ3) is 5.00. The predicted octanol–water partition coefficient (Wildman–Crippen LogP) is 2.31. The number of aromatic nitrogens is 1. The number of anilines is 1. The highest BCUT2D eigenvalue weighted by molar-refractivity contribution is 5.49. The monoisotopic (exact) mass is 331 g/mol. The lowest BCUT2D eigenvalue weighted by Crippen LogP contribution is -2.33. The summed E-state index contributed by atoms with van der Waals surface area (Å²) in [5.41, 5.74) is 1.69. The number of benzene rings is 1. The van der Waals surface area contributed by atoms with E-state index in [1.54, 1.807) is 18.9 Å². The topological polar surface area (TPSA) is 88.7 Å². The molecular weight excluding hydrogens is 310 g/mol. The predicted molar refractivity (Wildman–Crippen MR) is 91.0 cm³/mol. The molecule has 1 aromatic heterocycles. The van der Waals surface area contributed by atoms with Gasteiger partial charge in [0.25, 0.3) is 5.69 Å². The fourth-order valence-electron chi connectivity index (χ4n) is 2.39. The summed E-state index contributed by atoms with van der Waals surface area (Å²) in [6.07, 6.45) is 0.534. The number of nitro groups is 1. The summed E-state index contributed by atoms with van der Waals surface area (Å²) in [6, 6.07) is 11.2. The number of ether oxygens (including phenoxy) is 1. The molecule has 24 heavy (non-hydrogen) atoms. The van der Waals surface area contributed by atoms with Gasteiger partial charge in [0.15, 0.2) is 0 Å². The molecule has 7 heteroatoms. The summed E-state index contributed by atoms with van der Waals surface area (Å²) in [7, 11) is 1.78. The van der Waals surface area contributed by atoms with Crippen molar-refractivity contribution in [3.8, 4) is 0 Å². The number of hydrogen-bond acceptors (Lipinski definition) is 6. The number of aryl methyl sites for hydroxylation is 1. The van der Waals surface area contributed by atoms with Crippen LogP contribution in [0.3, 0.4) is 0 Å². The Morgan fingerprint density at radius 3 is 2.71 bits per heavy atom. The second-order valence-corrected chi connectivity index (χ2v) is 5.63. The average Bonchev–Trinajstić information content (AvgIpc) is 2.55. The molecular formula is C17H21N3O4. The Morgan fingerprint density at radius 2 is 2.08 bits per heavy atom. The number of nitrogens with zero attached hydrogens (tertiary/aromatic N) is 3. The molecule has 2 rings (SSSR count). The minimum atomic E-state index is -0.685. The summed E-state index contributed by atoms with van der Waals surface area (Å²) in [5.74, 6) is 0.600. The first-order chi connectivity index (χ1) is 11.5. The molecule has 0 amide bonds. The minimum Gasteiger partial charge on any atom is -0.389 e. The van der Waals surface area contributed by atoms with Gasteiger partial charge in [-0.05, 0) is 18.1 Å². The van der Waals surface area contributed by atoms with Crippen LogP contribution in [0.15, 0.2) is 42.6 Å². The fourth-order valence-corrected chi connectivity index (χ4v) is 2.39. The van der Waals surface area contributed by atoms with Gasteiger partial charge in [-0.25, -0.2) is 4.98 Å². The molecule has 0 aliphatic carbocycles. The van der Waals surface area contributed by atoms with Crippen molar-refractivity contribution in [1.29, 1.82) is 0 Å². The fraction of sp³-hybridized carbons (Fsp3) is 0.353. The van der Waals surface area contributed by atoms with E-state index in [1.807, 2.05) is 30.3 Å². The van der Waals surface area contributed by atoms with E-state index in [-0.39, 0.29) is 12.3 Å². The van der Waals surface area contributed by atoms with Crippen molar-refractivity contribution < 1.29 is 14.8 Å². The highest BCUT2D eigenvalue weighted by atomic mass is 16.6. The standard InChI is InChI=1S/C17H21N3O4/c1-13-8-15(20(22)23)9-18-17(13)19(2)10-16(21)12-24-11-14-6-4-3-5-7-14/h3-9,16,21H,10-12H2,1-2H3. The number of pyridine rings is 1. The Bertz CT molecular complexity index is 679. The van der Waals surface area contributed by atoms with Gasteiger partial charge in [0, 0.05) is 19.7 Å². The van der Waals surface area contributed by atoms with Crippen LogP contribution in [0.4, 0.5) is 11.5 Å². The molecule has 128 valence electrons. The second-order valence-electron chi connectivity index (χ2n) is 5.63. The molecule has 1 aromatic carbocycles. The van der Waals surface area contributed by atoms with Crippen LogP contribution in [0.2, 0.25) is 0 Å². The first-order valence-corrected chi connectivity index (χ1v) is 7.59. The maximum atomic E-state index is 10.7. The van der Waals surface area contributed by atoms with Crippen molar-refractivity contribution in [2.75, 3.05) is 25.1 Å². The number of aliphatic hydroxyl groups is 1. The SMILES string of the molecule is Cc1cc([N+](=O)[O-])cnc1N(C)CC(O)COCc1ccccc1. The first kappa shape index (κ1) is 17.8. The van der Waals surface area contributed by atoms with Crippen molar-refractivity contribution in [1.82, 2.24) is 4.98 Å². The van der Waals surface area contributed by atoms with Crippen LogP contribution in [-0.2, 0) is 11.3 Å². The first-order valence-electron chi connectivity index (χ1n) is 7.59. The van der Waals surface area contributed by atoms with Gasteiger partial charge >= 0.3 is 0 Å². The van der Waals surface area contributed by atoms with Gasteiger partial charge < -0.3 is 14.7 Å². The van der Waals surface area contributed by atoms with Gasteiger partial charge in [0.1, 0.15) is 12.0 Å². The van der Waals surface area contributed by atoms with Gasteiger partial charge in [0.05, 0.1) is 24.2 Å². The maximum absolute atomic E-state index is 10.7. The van der Waals surface area contributed by atoms with Crippen molar-refractivity contribution >= 4 is 11.5 Å². The van der Waals surface area contributed by atoms with E-state index in [2.05, 4.69) is 4.98 Å². The quantitative estimate of drug-likeness (QED) is 0.590. The van der Waals surface area contributed by atoms with Crippen LogP contribution >= 0.6 is 0 Å². The zero-order valence-corrected chi connectivity index (χ0v) is 13.8. The van der Waals surface area contributed by atoms with Crippen LogP contribution in [-0.4, -0.2) is 41.3 Å². The zero-order valence-electron chi connectivity index (χ0n) is 13.8. The molecule has 0 saturated carbocycles. The van der Waals surface area contributed by atoms with Crippen LogP contribution in [0.1, 0.15) is 11.1 Å². The summed E-state index contributed by atoms with van der Waals surface area (Å²) < 4.78 is 5.51. The molecule has 1 unspecified atom stereocenters. The zero-order chi connectivity index (χ0) is 17.5. The lowest BCUT2D eigenvalue weighted by atomic mass is 10.2. The molecule has 0 spiro atoms. The molecule has 0 aliphatic heterocycles. The summed E-state index contributed by atoms with van der Waals surface area (Å²) >= 11 is 0. The largest absolute Gasteiger partial charge is 0.389 e. The number of aliphatic hydroxyl groups excluding tert-OH is 1. The van der Waals surface area contributed by atoms with E-state index < -0.39 is 11.0 Å². The van der Waals surface area contributed by atoms with Crippen molar-refractivity contribution in [3.05, 3.63) is 63.8 Å². The summed E-state index contributed by atoms with van der Waals surface area (Å²) in [6.45, 7) is 2.71. The molecule has 1 atom stereocenters. The van der Waals surface area contributed by atoms with Crippen LogP contribution in [0.25, 0.3) is 0 Å². The summed E-state index contributed by atoms with van der Waals surface area (Å²) in [5, 5.41) is 20.8. The number of likely N-dealkylation sites (N-methyl/N-ethyl adjacent to an activating group) is 1. The van der Waals surface area contributed by atoms with E-state index in [0.29, 0.717) is 24.5 Å². The van der Waals surface area contributed by atoms with Gasteiger partial charge in [-0.15, -0.1) is 0 Å². The average molecular weight is 331 g/mol. The smallest absolute Gasteiger partial charge is 0.287 e. The van der Waals surface area contributed by atoms with E-state index in [0.717, 1.165) is 5.56 Å². The van der Waals surface area contributed by atoms with Gasteiger partial charge in [-0.2, -0.15) is 0 Å². The van der Waals surface area contributed by atoms with Crippen molar-refractivity contribution in [3.63, 3.8) is 0 Å². The van der Waals surface area contributed by atoms with Crippen molar-refractivity contribution in [2.45, 2.75) is 19.6 Å². The summed E-state index contributed by atoms with van der Waals surface area (Å²) in [4.78, 5) is 16.1. The molecule has 0 aliphatic rings. The van der Waals surface area contributed by atoms with Crippen molar-refractivity contribution in [2.24, 2.45) is 0 Å². The Kier molecular flexibility index (Phi) is 6.22. The van der Waals surface area contributed by atoms with E-state index in [1.165, 1.54) is 12.3 Å². The van der Waals surface area contributed by atoms with Crippen LogP contribution < -0.4 is 4.90 Å². The molecule has 7 nitrogen and oxygen atoms in total. The third-order valence-corrected chi connectivity index (χ3v) is 3.51. The molecule has 0 bridgehead atoms. The highest BCUT2D eigenvalue weighted by Gasteiger charge is 2.15. The maximum Gasteiger partial charge on any atom is 0.287 e. The van der Waals surface area contributed by atoms with Gasteiger partial charge in [0.2, 0.25) is 0 Å². The molecule has 0 radical (unpaired) electrons. The van der Waals surface area contributed by atoms with E-state index >= 15 is 0 Å². The minimum absolute atomic E-state index is 0.0450. The lowest BCUT2D eigenvalue weighted by molar-refractivity contribution is -0.385. The van der Waals surface area contributed by atoms with Crippen LogP contribution in [0.5, 0.6) is 0 Å². The third-order valence-electron chi connectivity index (χ3n) is 3.51. The number of rotatable bonds is 8. The highest BCUT2D eigenvalue weighted by Crippen LogP contribution is 2.20. The molecule has 0 saturated heterocycles. The van der Waals surface area contributed by atoms with E-state index in [4.69, 9.17) is 4.74 Å². The number of hydrogen-bond donors (Lipinski definition) is 1. The molecule has 1 N–H and O–H groups in total. The Morgan fingerprint density at radius 1 is 1.38 bits per heavy atom. The Hall–Kier alpha value is -2.51. The lowest BCUT2D eigenvalue weighted by Gasteiger charge is -2.23. The Balaban J connectivity index is 1.85. The molecule has 2 aromatic rings.